The van der Waals surface area contributed by atoms with Gasteiger partial charge in [0.25, 0.3) is 0 Å². The lowest BCUT2D eigenvalue weighted by atomic mass is 10.2. The summed E-state index contributed by atoms with van der Waals surface area (Å²) >= 11 is 0. The smallest absolute Gasteiger partial charge is 0.248 e. The van der Waals surface area contributed by atoms with Crippen LogP contribution in [-0.2, 0) is 14.8 Å². The summed E-state index contributed by atoms with van der Waals surface area (Å²) in [6.07, 6.45) is 1.07. The second-order valence-electron chi connectivity index (χ2n) is 6.13. The Morgan fingerprint density at radius 1 is 1.07 bits per heavy atom. The molecule has 0 saturated heterocycles. The molecule has 0 fully saturated rings. The van der Waals surface area contributed by atoms with Crippen LogP contribution in [0.1, 0.15) is 12.5 Å². The maximum absolute atomic E-state index is 12.8. The van der Waals surface area contributed by atoms with Crippen LogP contribution in [0.2, 0.25) is 0 Å². The number of ether oxygens (including phenoxy) is 2. The molecule has 0 aromatic heterocycles. The molecule has 27 heavy (non-hydrogen) atoms. The molecule has 0 unspecified atom stereocenters. The van der Waals surface area contributed by atoms with Crippen LogP contribution in [0.15, 0.2) is 42.5 Å². The van der Waals surface area contributed by atoms with Gasteiger partial charge in [0.05, 0.1) is 31.9 Å². The molecule has 0 spiro atoms. The van der Waals surface area contributed by atoms with Crippen LogP contribution >= 0.6 is 0 Å². The third-order valence-electron chi connectivity index (χ3n) is 4.04. The summed E-state index contributed by atoms with van der Waals surface area (Å²) in [6.45, 7) is 3.43. The summed E-state index contributed by atoms with van der Waals surface area (Å²) in [5.41, 5.74) is 1.81. The Morgan fingerprint density at radius 3 is 2.22 bits per heavy atom. The Bertz CT molecular complexity index is 910. The molecular formula is C19H24N2O5S. The zero-order valence-electron chi connectivity index (χ0n) is 16.0. The second kappa shape index (κ2) is 8.30. The third kappa shape index (κ3) is 4.91. The first-order valence-corrected chi connectivity index (χ1v) is 10.1. The Labute approximate surface area is 160 Å². The fourth-order valence-corrected chi connectivity index (χ4v) is 3.82. The minimum Gasteiger partial charge on any atom is -0.497 e. The van der Waals surface area contributed by atoms with Crippen molar-refractivity contribution in [2.24, 2.45) is 0 Å². The molecule has 0 aliphatic heterocycles. The summed E-state index contributed by atoms with van der Waals surface area (Å²) in [5, 5.41) is 2.72. The molecule has 146 valence electrons. The minimum atomic E-state index is -3.68. The summed E-state index contributed by atoms with van der Waals surface area (Å²) in [7, 11) is -0.684. The summed E-state index contributed by atoms with van der Waals surface area (Å²) in [5.74, 6) is 0.488. The van der Waals surface area contributed by atoms with E-state index in [-0.39, 0.29) is 0 Å². The maximum atomic E-state index is 12.8. The number of carbonyl (C=O) groups is 1. The standard InChI is InChI=1S/C19H24N2O5S/c1-13-6-8-15(9-7-13)21(27(5,23)24)14(2)19(22)20-17-12-16(25-3)10-11-18(17)26-4/h6-12,14H,1-5H3,(H,20,22)/t14-/m0/s1. The molecule has 7 nitrogen and oxygen atoms in total. The van der Waals surface area contributed by atoms with E-state index in [1.807, 2.05) is 6.92 Å². The van der Waals surface area contributed by atoms with Gasteiger partial charge < -0.3 is 14.8 Å². The van der Waals surface area contributed by atoms with Crippen molar-refractivity contribution in [3.63, 3.8) is 0 Å². The van der Waals surface area contributed by atoms with E-state index in [0.717, 1.165) is 16.1 Å². The monoisotopic (exact) mass is 392 g/mol. The number of anilines is 2. The molecule has 0 heterocycles. The van der Waals surface area contributed by atoms with E-state index in [9.17, 15) is 13.2 Å². The molecule has 0 bridgehead atoms. The van der Waals surface area contributed by atoms with Gasteiger partial charge in [0.15, 0.2) is 0 Å². The number of nitrogens with zero attached hydrogens (tertiary/aromatic N) is 1. The van der Waals surface area contributed by atoms with E-state index in [2.05, 4.69) is 5.32 Å². The van der Waals surface area contributed by atoms with Crippen molar-refractivity contribution in [2.45, 2.75) is 19.9 Å². The lowest BCUT2D eigenvalue weighted by molar-refractivity contribution is -0.116. The van der Waals surface area contributed by atoms with Crippen molar-refractivity contribution >= 4 is 27.3 Å². The second-order valence-corrected chi connectivity index (χ2v) is 7.99. The fourth-order valence-electron chi connectivity index (χ4n) is 2.65. The van der Waals surface area contributed by atoms with Gasteiger partial charge in [-0.1, -0.05) is 17.7 Å². The van der Waals surface area contributed by atoms with Crippen LogP contribution in [0.5, 0.6) is 11.5 Å². The van der Waals surface area contributed by atoms with Gasteiger partial charge in [0, 0.05) is 6.07 Å². The number of methoxy groups -OCH3 is 2. The highest BCUT2D eigenvalue weighted by atomic mass is 32.2. The Hall–Kier alpha value is -2.74. The van der Waals surface area contributed by atoms with Gasteiger partial charge in [0.1, 0.15) is 17.5 Å². The lowest BCUT2D eigenvalue weighted by Gasteiger charge is -2.28. The van der Waals surface area contributed by atoms with E-state index < -0.39 is 22.0 Å². The van der Waals surface area contributed by atoms with Crippen molar-refractivity contribution in [1.82, 2.24) is 0 Å². The molecular weight excluding hydrogens is 368 g/mol. The SMILES string of the molecule is COc1ccc(OC)c(NC(=O)[C@H](C)N(c2ccc(C)cc2)S(C)(=O)=O)c1. The number of benzene rings is 2. The van der Waals surface area contributed by atoms with Crippen molar-refractivity contribution in [3.05, 3.63) is 48.0 Å². The molecule has 0 aliphatic rings. The normalized spacial score (nSPS) is 12.2. The molecule has 1 N–H and O–H groups in total. The van der Waals surface area contributed by atoms with Crippen LogP contribution < -0.4 is 19.1 Å². The summed E-state index contributed by atoms with van der Waals surface area (Å²) in [4.78, 5) is 12.8. The highest BCUT2D eigenvalue weighted by molar-refractivity contribution is 7.92. The molecule has 2 aromatic rings. The molecule has 0 radical (unpaired) electrons. The Kier molecular flexibility index (Phi) is 6.32. The highest BCUT2D eigenvalue weighted by Gasteiger charge is 2.29. The minimum absolute atomic E-state index is 0.394. The van der Waals surface area contributed by atoms with Gasteiger partial charge in [-0.15, -0.1) is 0 Å². The quantitative estimate of drug-likeness (QED) is 0.783. The van der Waals surface area contributed by atoms with Crippen molar-refractivity contribution in [2.75, 3.05) is 30.1 Å². The number of amides is 1. The van der Waals surface area contributed by atoms with Gasteiger partial charge in [-0.2, -0.15) is 0 Å². The molecule has 1 amide bonds. The zero-order chi connectivity index (χ0) is 20.2. The molecule has 1 atom stereocenters. The van der Waals surface area contributed by atoms with Crippen LogP contribution in [-0.4, -0.2) is 40.8 Å². The van der Waals surface area contributed by atoms with E-state index in [0.29, 0.717) is 22.9 Å². The number of hydrogen-bond acceptors (Lipinski definition) is 5. The average Bonchev–Trinajstić information content (AvgIpc) is 2.62. The van der Waals surface area contributed by atoms with Gasteiger partial charge in [-0.05, 0) is 38.1 Å². The number of carbonyl (C=O) groups excluding carboxylic acids is 1. The van der Waals surface area contributed by atoms with E-state index in [1.54, 1.807) is 42.5 Å². The van der Waals surface area contributed by atoms with Gasteiger partial charge in [-0.25, -0.2) is 8.42 Å². The number of rotatable bonds is 7. The highest BCUT2D eigenvalue weighted by Crippen LogP contribution is 2.30. The fraction of sp³-hybridized carbons (Fsp3) is 0.316. The predicted molar refractivity (Wildman–Crippen MR) is 106 cm³/mol. The van der Waals surface area contributed by atoms with Crippen molar-refractivity contribution in [3.8, 4) is 11.5 Å². The van der Waals surface area contributed by atoms with Crippen LogP contribution in [0.25, 0.3) is 0 Å². The number of sulfonamides is 1. The number of hydrogen-bond donors (Lipinski definition) is 1. The maximum Gasteiger partial charge on any atom is 0.248 e. The average molecular weight is 392 g/mol. The van der Waals surface area contributed by atoms with Crippen LogP contribution in [0.3, 0.4) is 0 Å². The molecule has 2 rings (SSSR count). The first-order chi connectivity index (χ1) is 12.7. The van der Waals surface area contributed by atoms with Crippen LogP contribution in [0.4, 0.5) is 11.4 Å². The van der Waals surface area contributed by atoms with E-state index >= 15 is 0 Å². The lowest BCUT2D eigenvalue weighted by Crippen LogP contribution is -2.45. The van der Waals surface area contributed by atoms with E-state index in [4.69, 9.17) is 9.47 Å². The molecule has 0 saturated carbocycles. The number of aryl methyl sites for hydroxylation is 1. The number of nitrogens with one attached hydrogen (secondary N) is 1. The third-order valence-corrected chi connectivity index (χ3v) is 5.28. The topological polar surface area (TPSA) is 84.9 Å². The van der Waals surface area contributed by atoms with Crippen molar-refractivity contribution < 1.29 is 22.7 Å². The molecule has 8 heteroatoms. The van der Waals surface area contributed by atoms with Gasteiger partial charge >= 0.3 is 0 Å². The van der Waals surface area contributed by atoms with Crippen molar-refractivity contribution in [1.29, 1.82) is 0 Å². The van der Waals surface area contributed by atoms with Crippen LogP contribution in [0, 0.1) is 6.92 Å². The predicted octanol–water partition coefficient (Wildman–Crippen LogP) is 2.81. The van der Waals surface area contributed by atoms with E-state index in [1.165, 1.54) is 21.1 Å². The molecule has 2 aromatic carbocycles. The first kappa shape index (κ1) is 20.6. The summed E-state index contributed by atoms with van der Waals surface area (Å²) in [6, 6.07) is 10.9. The summed E-state index contributed by atoms with van der Waals surface area (Å²) < 4.78 is 36.2. The zero-order valence-corrected chi connectivity index (χ0v) is 16.8. The molecule has 0 aliphatic carbocycles. The first-order valence-electron chi connectivity index (χ1n) is 8.26. The largest absolute Gasteiger partial charge is 0.497 e. The Balaban J connectivity index is 2.34. The van der Waals surface area contributed by atoms with Gasteiger partial charge in [0.2, 0.25) is 15.9 Å². The van der Waals surface area contributed by atoms with Gasteiger partial charge in [-0.3, -0.25) is 9.10 Å². The Morgan fingerprint density at radius 2 is 1.70 bits per heavy atom.